The van der Waals surface area contributed by atoms with Crippen LogP contribution in [0.4, 0.5) is 0 Å². The summed E-state index contributed by atoms with van der Waals surface area (Å²) in [5.41, 5.74) is 1.39. The molecular formula is C10H14N4O. The molecule has 0 saturated carbocycles. The summed E-state index contributed by atoms with van der Waals surface area (Å²) in [6, 6.07) is 0. The summed E-state index contributed by atoms with van der Waals surface area (Å²) in [6.45, 7) is 6.81. The van der Waals surface area contributed by atoms with Gasteiger partial charge in [0.05, 0.1) is 11.1 Å². The molecule has 0 fully saturated rings. The van der Waals surface area contributed by atoms with Gasteiger partial charge in [-0.3, -0.25) is 9.48 Å². The fraction of sp³-hybridized carbons (Fsp3) is 0.500. The number of H-pyrrole nitrogens is 1. The number of aryl methyl sites for hydroxylation is 1. The van der Waals surface area contributed by atoms with Gasteiger partial charge in [0, 0.05) is 12.7 Å². The van der Waals surface area contributed by atoms with Gasteiger partial charge in [0.1, 0.15) is 5.52 Å². The van der Waals surface area contributed by atoms with Crippen molar-refractivity contribution < 1.29 is 0 Å². The predicted molar refractivity (Wildman–Crippen MR) is 57.9 cm³/mol. The minimum atomic E-state index is -0.172. The van der Waals surface area contributed by atoms with Gasteiger partial charge in [-0.15, -0.1) is 0 Å². The minimum Gasteiger partial charge on any atom is -0.272 e. The van der Waals surface area contributed by atoms with Crippen molar-refractivity contribution in [1.82, 2.24) is 20.0 Å². The van der Waals surface area contributed by atoms with E-state index < -0.39 is 0 Å². The third kappa shape index (κ3) is 1.54. The molecule has 2 aromatic heterocycles. The molecule has 2 heterocycles. The smallest absolute Gasteiger partial charge is 0.272 e. The molecule has 2 aromatic rings. The maximum absolute atomic E-state index is 11.5. The van der Waals surface area contributed by atoms with Gasteiger partial charge in [-0.25, -0.2) is 5.10 Å². The van der Waals surface area contributed by atoms with Gasteiger partial charge in [0.25, 0.3) is 5.56 Å². The van der Waals surface area contributed by atoms with Crippen LogP contribution in [0.15, 0.2) is 11.0 Å². The molecule has 0 saturated heterocycles. The van der Waals surface area contributed by atoms with Crippen molar-refractivity contribution in [3.05, 3.63) is 22.2 Å². The van der Waals surface area contributed by atoms with Crippen LogP contribution in [-0.2, 0) is 6.54 Å². The molecule has 0 aliphatic heterocycles. The highest BCUT2D eigenvalue weighted by atomic mass is 16.1. The number of nitrogens with zero attached hydrogens (tertiary/aromatic N) is 3. The lowest BCUT2D eigenvalue weighted by atomic mass is 10.1. The molecule has 0 radical (unpaired) electrons. The number of fused-ring (bicyclic) bond motifs is 1. The van der Waals surface area contributed by atoms with Crippen molar-refractivity contribution in [3.8, 4) is 0 Å². The van der Waals surface area contributed by atoms with E-state index in [4.69, 9.17) is 0 Å². The summed E-state index contributed by atoms with van der Waals surface area (Å²) in [7, 11) is 0. The molecule has 1 N–H and O–H groups in total. The second-order valence-corrected chi connectivity index (χ2v) is 3.84. The maximum Gasteiger partial charge on any atom is 0.275 e. The van der Waals surface area contributed by atoms with E-state index in [1.807, 2.05) is 20.8 Å². The van der Waals surface area contributed by atoms with E-state index in [0.717, 1.165) is 17.8 Å². The molecule has 0 bridgehead atoms. The van der Waals surface area contributed by atoms with E-state index in [-0.39, 0.29) is 11.5 Å². The number of aromatic nitrogens is 4. The Morgan fingerprint density at radius 1 is 1.53 bits per heavy atom. The fourth-order valence-corrected chi connectivity index (χ4v) is 1.57. The largest absolute Gasteiger partial charge is 0.275 e. The normalized spacial score (nSPS) is 11.5. The zero-order valence-electron chi connectivity index (χ0n) is 9.11. The van der Waals surface area contributed by atoms with Gasteiger partial charge < -0.3 is 0 Å². The standard InChI is InChI=1S/C10H14N4O/c1-4-14-5-7-9(13-14)8(6(2)3)11-12-10(7)15/h5-6H,4H2,1-3H3,(H,12,15). The molecular weight excluding hydrogens is 192 g/mol. The third-order valence-electron chi connectivity index (χ3n) is 2.40. The minimum absolute atomic E-state index is 0.172. The molecule has 0 unspecified atom stereocenters. The van der Waals surface area contributed by atoms with E-state index in [1.54, 1.807) is 10.9 Å². The Balaban J connectivity index is 2.80. The number of nitrogens with one attached hydrogen (secondary N) is 1. The summed E-state index contributed by atoms with van der Waals surface area (Å²) in [5, 5.41) is 11.5. The van der Waals surface area contributed by atoms with Crippen LogP contribution >= 0.6 is 0 Å². The average Bonchev–Trinajstić information content (AvgIpc) is 2.62. The van der Waals surface area contributed by atoms with E-state index in [0.29, 0.717) is 5.39 Å². The van der Waals surface area contributed by atoms with Gasteiger partial charge >= 0.3 is 0 Å². The molecule has 15 heavy (non-hydrogen) atoms. The molecule has 0 amide bonds. The summed E-state index contributed by atoms with van der Waals surface area (Å²) >= 11 is 0. The Labute approximate surface area is 87.1 Å². The molecule has 5 nitrogen and oxygen atoms in total. The van der Waals surface area contributed by atoms with Crippen LogP contribution in [0.2, 0.25) is 0 Å². The van der Waals surface area contributed by atoms with Gasteiger partial charge in [0.2, 0.25) is 0 Å². The fourth-order valence-electron chi connectivity index (χ4n) is 1.57. The van der Waals surface area contributed by atoms with Gasteiger partial charge in [-0.2, -0.15) is 10.2 Å². The van der Waals surface area contributed by atoms with Gasteiger partial charge in [0.15, 0.2) is 0 Å². The Kier molecular flexibility index (Phi) is 2.30. The molecule has 0 aliphatic carbocycles. The first kappa shape index (κ1) is 9.89. The number of rotatable bonds is 2. The van der Waals surface area contributed by atoms with Crippen LogP contribution in [-0.4, -0.2) is 20.0 Å². The first-order chi connectivity index (χ1) is 7.13. The average molecular weight is 206 g/mol. The Hall–Kier alpha value is -1.65. The molecule has 2 rings (SSSR count). The lowest BCUT2D eigenvalue weighted by molar-refractivity contribution is 0.665. The quantitative estimate of drug-likeness (QED) is 0.804. The van der Waals surface area contributed by atoms with Crippen LogP contribution in [0.3, 0.4) is 0 Å². The second kappa shape index (κ2) is 3.49. The zero-order chi connectivity index (χ0) is 11.0. The lowest BCUT2D eigenvalue weighted by Gasteiger charge is -2.02. The summed E-state index contributed by atoms with van der Waals surface area (Å²) < 4.78 is 1.76. The number of aromatic amines is 1. The zero-order valence-corrected chi connectivity index (χ0v) is 9.11. The van der Waals surface area contributed by atoms with Crippen LogP contribution in [0, 0.1) is 0 Å². The first-order valence-corrected chi connectivity index (χ1v) is 5.09. The Morgan fingerprint density at radius 2 is 2.27 bits per heavy atom. The lowest BCUT2D eigenvalue weighted by Crippen LogP contribution is -2.10. The topological polar surface area (TPSA) is 63.6 Å². The predicted octanol–water partition coefficient (Wildman–Crippen LogP) is 1.26. The SMILES string of the molecule is CCn1cc2c(=O)[nH]nc(C(C)C)c2n1. The molecule has 0 aromatic carbocycles. The van der Waals surface area contributed by atoms with E-state index in [9.17, 15) is 4.79 Å². The van der Waals surface area contributed by atoms with Crippen LogP contribution < -0.4 is 5.56 Å². The van der Waals surface area contributed by atoms with E-state index in [2.05, 4.69) is 15.3 Å². The van der Waals surface area contributed by atoms with Crippen molar-refractivity contribution in [2.24, 2.45) is 0 Å². The molecule has 80 valence electrons. The highest BCUT2D eigenvalue weighted by Crippen LogP contribution is 2.18. The van der Waals surface area contributed by atoms with E-state index in [1.165, 1.54) is 0 Å². The van der Waals surface area contributed by atoms with Crippen molar-refractivity contribution in [1.29, 1.82) is 0 Å². The van der Waals surface area contributed by atoms with Crippen LogP contribution in [0.25, 0.3) is 10.9 Å². The number of hydrogen-bond donors (Lipinski definition) is 1. The maximum atomic E-state index is 11.5. The summed E-state index contributed by atoms with van der Waals surface area (Å²) in [4.78, 5) is 11.5. The van der Waals surface area contributed by atoms with Gasteiger partial charge in [-0.1, -0.05) is 13.8 Å². The highest BCUT2D eigenvalue weighted by molar-refractivity contribution is 5.79. The number of hydrogen-bond acceptors (Lipinski definition) is 3. The Bertz CT molecular complexity index is 538. The van der Waals surface area contributed by atoms with Crippen molar-refractivity contribution >= 4 is 10.9 Å². The Morgan fingerprint density at radius 3 is 2.87 bits per heavy atom. The molecule has 0 aliphatic rings. The first-order valence-electron chi connectivity index (χ1n) is 5.09. The third-order valence-corrected chi connectivity index (χ3v) is 2.40. The summed E-state index contributed by atoms with van der Waals surface area (Å²) in [5.74, 6) is 0.254. The van der Waals surface area contributed by atoms with E-state index >= 15 is 0 Å². The highest BCUT2D eigenvalue weighted by Gasteiger charge is 2.13. The van der Waals surface area contributed by atoms with Crippen molar-refractivity contribution in [2.45, 2.75) is 33.2 Å². The summed E-state index contributed by atoms with van der Waals surface area (Å²) in [6.07, 6.45) is 1.77. The van der Waals surface area contributed by atoms with Crippen LogP contribution in [0.5, 0.6) is 0 Å². The molecule has 0 spiro atoms. The molecule has 0 atom stereocenters. The van der Waals surface area contributed by atoms with Crippen LogP contribution in [0.1, 0.15) is 32.4 Å². The van der Waals surface area contributed by atoms with Crippen molar-refractivity contribution in [2.75, 3.05) is 0 Å². The molecule has 5 heteroatoms. The van der Waals surface area contributed by atoms with Gasteiger partial charge in [-0.05, 0) is 12.8 Å². The second-order valence-electron chi connectivity index (χ2n) is 3.84. The monoisotopic (exact) mass is 206 g/mol. The van der Waals surface area contributed by atoms with Crippen molar-refractivity contribution in [3.63, 3.8) is 0 Å².